The average molecular weight is 488 g/mol. The number of hydrogen-bond acceptors (Lipinski definition) is 3. The van der Waals surface area contributed by atoms with Gasteiger partial charge in [0, 0.05) is 5.92 Å². The number of hydrogen-bond donors (Lipinski definition) is 1. The van der Waals surface area contributed by atoms with Gasteiger partial charge in [0.25, 0.3) is 0 Å². The number of piperidine rings is 1. The molecule has 1 saturated carbocycles. The third kappa shape index (κ3) is 5.54. The van der Waals surface area contributed by atoms with Crippen LogP contribution in [0.5, 0.6) is 5.75 Å². The van der Waals surface area contributed by atoms with E-state index in [1.807, 2.05) is 24.4 Å². The molecule has 5 rings (SSSR count). The SMILES string of the molecule is CCC1CC[NH+](Cc2cnc(C(C)(c3ccccc3)C3CCCCC3)o2)CC1COc1ccccc1. The summed E-state index contributed by atoms with van der Waals surface area (Å²) in [4.78, 5) is 6.51. The molecule has 2 fully saturated rings. The fourth-order valence-corrected chi connectivity index (χ4v) is 6.75. The molecule has 1 aliphatic heterocycles. The molecule has 3 aromatic rings. The zero-order valence-electron chi connectivity index (χ0n) is 22.1. The molecule has 0 amide bonds. The second-order valence-electron chi connectivity index (χ2n) is 11.3. The molecule has 2 aromatic carbocycles. The Hall–Kier alpha value is -2.59. The van der Waals surface area contributed by atoms with E-state index in [4.69, 9.17) is 14.1 Å². The molecule has 2 aliphatic rings. The number of para-hydroxylation sites is 1. The summed E-state index contributed by atoms with van der Waals surface area (Å²) >= 11 is 0. The summed E-state index contributed by atoms with van der Waals surface area (Å²) in [7, 11) is 0. The average Bonchev–Trinajstić information content (AvgIpc) is 3.42. The Kier molecular flexibility index (Phi) is 8.11. The van der Waals surface area contributed by atoms with Crippen LogP contribution in [0.4, 0.5) is 0 Å². The summed E-state index contributed by atoms with van der Waals surface area (Å²) < 4.78 is 12.8. The zero-order valence-corrected chi connectivity index (χ0v) is 22.1. The predicted octanol–water partition coefficient (Wildman–Crippen LogP) is 6.07. The standard InChI is InChI=1S/C32H42N2O2/c1-3-25-19-20-34(22-26(25)24-35-29-17-11-6-12-18-29)23-30-21-33-31(36-30)32(2,27-13-7-4-8-14-27)28-15-9-5-10-16-28/h4,6-8,11-14,17-18,21,25-26,28H,3,5,9-10,15-16,19-20,22-24H2,1-2H3/p+1. The van der Waals surface area contributed by atoms with Crippen LogP contribution >= 0.6 is 0 Å². The maximum absolute atomic E-state index is 6.61. The Morgan fingerprint density at radius 2 is 1.67 bits per heavy atom. The van der Waals surface area contributed by atoms with Crippen LogP contribution < -0.4 is 9.64 Å². The molecule has 1 N–H and O–H groups in total. The maximum atomic E-state index is 6.61. The van der Waals surface area contributed by atoms with E-state index in [1.165, 1.54) is 57.1 Å². The lowest BCUT2D eigenvalue weighted by atomic mass is 9.66. The molecule has 1 aliphatic carbocycles. The lowest BCUT2D eigenvalue weighted by molar-refractivity contribution is -0.924. The fraction of sp³-hybridized carbons (Fsp3) is 0.531. The van der Waals surface area contributed by atoms with Gasteiger partial charge in [0.05, 0.1) is 31.3 Å². The number of aromatic nitrogens is 1. The number of quaternary nitrogens is 1. The topological polar surface area (TPSA) is 39.7 Å². The first kappa shape index (κ1) is 25.1. The third-order valence-electron chi connectivity index (χ3n) is 9.04. The lowest BCUT2D eigenvalue weighted by Gasteiger charge is -2.38. The summed E-state index contributed by atoms with van der Waals surface area (Å²) in [5, 5.41) is 0. The van der Waals surface area contributed by atoms with E-state index in [1.54, 1.807) is 4.90 Å². The molecule has 1 aromatic heterocycles. The van der Waals surface area contributed by atoms with Crippen molar-refractivity contribution < 1.29 is 14.1 Å². The van der Waals surface area contributed by atoms with Crippen molar-refractivity contribution in [2.24, 2.45) is 17.8 Å². The van der Waals surface area contributed by atoms with Crippen molar-refractivity contribution in [2.45, 2.75) is 70.8 Å². The Bertz CT molecular complexity index is 1060. The second-order valence-corrected chi connectivity index (χ2v) is 11.3. The van der Waals surface area contributed by atoms with E-state index < -0.39 is 0 Å². The van der Waals surface area contributed by atoms with Gasteiger partial charge in [-0.05, 0) is 55.7 Å². The first-order valence-electron chi connectivity index (χ1n) is 14.2. The molecule has 4 atom stereocenters. The number of rotatable bonds is 9. The van der Waals surface area contributed by atoms with E-state index in [-0.39, 0.29) is 5.41 Å². The van der Waals surface area contributed by atoms with E-state index in [0.717, 1.165) is 43.0 Å². The van der Waals surface area contributed by atoms with Crippen LogP contribution in [0.2, 0.25) is 0 Å². The largest absolute Gasteiger partial charge is 0.493 e. The minimum Gasteiger partial charge on any atom is -0.493 e. The molecular formula is C32H43N2O2+. The highest BCUT2D eigenvalue weighted by molar-refractivity contribution is 5.32. The minimum atomic E-state index is -0.170. The van der Waals surface area contributed by atoms with Gasteiger partial charge in [-0.1, -0.05) is 81.1 Å². The Balaban J connectivity index is 1.29. The third-order valence-corrected chi connectivity index (χ3v) is 9.04. The molecule has 4 nitrogen and oxygen atoms in total. The van der Waals surface area contributed by atoms with Gasteiger partial charge in [-0.3, -0.25) is 0 Å². The van der Waals surface area contributed by atoms with E-state index in [9.17, 15) is 0 Å². The fourth-order valence-electron chi connectivity index (χ4n) is 6.75. The number of benzene rings is 2. The van der Waals surface area contributed by atoms with Gasteiger partial charge >= 0.3 is 0 Å². The molecule has 2 heterocycles. The van der Waals surface area contributed by atoms with Gasteiger partial charge in [0.2, 0.25) is 5.89 Å². The summed E-state index contributed by atoms with van der Waals surface area (Å²) in [6, 6.07) is 21.2. The van der Waals surface area contributed by atoms with Gasteiger partial charge in [-0.2, -0.15) is 0 Å². The van der Waals surface area contributed by atoms with Gasteiger partial charge in [0.15, 0.2) is 5.76 Å². The van der Waals surface area contributed by atoms with Crippen molar-refractivity contribution >= 4 is 0 Å². The van der Waals surface area contributed by atoms with Crippen LogP contribution in [0, 0.1) is 17.8 Å². The van der Waals surface area contributed by atoms with Crippen LogP contribution in [0.1, 0.15) is 76.0 Å². The summed E-state index contributed by atoms with van der Waals surface area (Å²) in [6.07, 6.45) is 11.0. The quantitative estimate of drug-likeness (QED) is 0.398. The highest BCUT2D eigenvalue weighted by Crippen LogP contribution is 2.45. The van der Waals surface area contributed by atoms with Crippen molar-refractivity contribution in [3.05, 3.63) is 84.1 Å². The monoisotopic (exact) mass is 487 g/mol. The Morgan fingerprint density at radius 3 is 2.39 bits per heavy atom. The highest BCUT2D eigenvalue weighted by atomic mass is 16.5. The smallest absolute Gasteiger partial charge is 0.205 e. The van der Waals surface area contributed by atoms with Crippen LogP contribution in [-0.4, -0.2) is 24.7 Å². The van der Waals surface area contributed by atoms with E-state index in [0.29, 0.717) is 11.8 Å². The van der Waals surface area contributed by atoms with Crippen LogP contribution in [-0.2, 0) is 12.0 Å². The number of nitrogens with one attached hydrogen (secondary N) is 1. The molecule has 4 heteroatoms. The van der Waals surface area contributed by atoms with Crippen molar-refractivity contribution in [2.75, 3.05) is 19.7 Å². The lowest BCUT2D eigenvalue weighted by Crippen LogP contribution is -3.12. The molecule has 0 spiro atoms. The van der Waals surface area contributed by atoms with Crippen molar-refractivity contribution in [1.82, 2.24) is 4.98 Å². The van der Waals surface area contributed by atoms with Crippen molar-refractivity contribution in [3.63, 3.8) is 0 Å². The number of ether oxygens (including phenoxy) is 1. The highest BCUT2D eigenvalue weighted by Gasteiger charge is 2.42. The summed E-state index contributed by atoms with van der Waals surface area (Å²) in [5.74, 6) is 4.78. The van der Waals surface area contributed by atoms with Crippen molar-refractivity contribution in [1.29, 1.82) is 0 Å². The van der Waals surface area contributed by atoms with Crippen LogP contribution in [0.25, 0.3) is 0 Å². The van der Waals surface area contributed by atoms with E-state index in [2.05, 4.69) is 56.3 Å². The zero-order chi connectivity index (χ0) is 24.8. The molecule has 4 unspecified atom stereocenters. The first-order valence-corrected chi connectivity index (χ1v) is 14.2. The van der Waals surface area contributed by atoms with Gasteiger partial charge in [0.1, 0.15) is 12.3 Å². The number of nitrogens with zero attached hydrogens (tertiary/aromatic N) is 1. The number of likely N-dealkylation sites (tertiary alicyclic amines) is 1. The van der Waals surface area contributed by atoms with Crippen molar-refractivity contribution in [3.8, 4) is 5.75 Å². The first-order chi connectivity index (χ1) is 17.7. The summed E-state index contributed by atoms with van der Waals surface area (Å²) in [6.45, 7) is 8.70. The van der Waals surface area contributed by atoms with Gasteiger partial charge in [-0.25, -0.2) is 4.98 Å². The number of oxazole rings is 1. The van der Waals surface area contributed by atoms with Crippen LogP contribution in [0.3, 0.4) is 0 Å². The van der Waals surface area contributed by atoms with Gasteiger partial charge in [-0.15, -0.1) is 0 Å². The molecule has 36 heavy (non-hydrogen) atoms. The molecule has 192 valence electrons. The molecular weight excluding hydrogens is 444 g/mol. The minimum absolute atomic E-state index is 0.170. The maximum Gasteiger partial charge on any atom is 0.205 e. The normalized spacial score (nSPS) is 24.8. The predicted molar refractivity (Wildman–Crippen MR) is 144 cm³/mol. The van der Waals surface area contributed by atoms with E-state index >= 15 is 0 Å². The molecule has 1 saturated heterocycles. The molecule has 0 radical (unpaired) electrons. The molecule has 0 bridgehead atoms. The Morgan fingerprint density at radius 1 is 0.944 bits per heavy atom. The second kappa shape index (κ2) is 11.6. The Labute approximate surface area is 217 Å². The van der Waals surface area contributed by atoms with Gasteiger partial charge < -0.3 is 14.1 Å². The summed E-state index contributed by atoms with van der Waals surface area (Å²) in [5.41, 5.74) is 1.16. The van der Waals surface area contributed by atoms with Crippen LogP contribution in [0.15, 0.2) is 71.3 Å².